The van der Waals surface area contributed by atoms with Crippen LogP contribution in [0.15, 0.2) is 40.9 Å². The van der Waals surface area contributed by atoms with Gasteiger partial charge in [0, 0.05) is 38.7 Å². The molecule has 1 aliphatic heterocycles. The summed E-state index contributed by atoms with van der Waals surface area (Å²) >= 11 is 0. The van der Waals surface area contributed by atoms with Crippen molar-refractivity contribution in [3.63, 3.8) is 0 Å². The van der Waals surface area contributed by atoms with Gasteiger partial charge in [-0.25, -0.2) is 14.5 Å². The third-order valence-corrected chi connectivity index (χ3v) is 4.99. The van der Waals surface area contributed by atoms with E-state index in [9.17, 15) is 9.59 Å². The Kier molecular flexibility index (Phi) is 5.51. The number of likely N-dealkylation sites (tertiary alicyclic amines) is 1. The Labute approximate surface area is 173 Å². The van der Waals surface area contributed by atoms with Crippen molar-refractivity contribution in [2.75, 3.05) is 19.6 Å². The molecule has 1 N–H and O–H groups in total. The Morgan fingerprint density at radius 3 is 2.70 bits per heavy atom. The second-order valence-electron chi connectivity index (χ2n) is 7.09. The van der Waals surface area contributed by atoms with Gasteiger partial charge in [0.2, 0.25) is 11.8 Å². The van der Waals surface area contributed by atoms with Crippen LogP contribution in [0.3, 0.4) is 0 Å². The maximum absolute atomic E-state index is 12.4. The molecule has 1 aliphatic rings. The van der Waals surface area contributed by atoms with Gasteiger partial charge < -0.3 is 19.4 Å². The molecule has 3 heterocycles. The van der Waals surface area contributed by atoms with Crippen molar-refractivity contribution in [2.24, 2.45) is 7.05 Å². The fourth-order valence-electron chi connectivity index (χ4n) is 3.15. The fourth-order valence-corrected chi connectivity index (χ4v) is 3.15. The first-order valence-electron chi connectivity index (χ1n) is 9.81. The van der Waals surface area contributed by atoms with E-state index in [1.807, 2.05) is 37.3 Å². The minimum atomic E-state index is -0.652. The number of nitrogens with one attached hydrogen (secondary N) is 1. The molecule has 1 aromatic carbocycles. The number of hydrogen-bond acceptors (Lipinski definition) is 6. The van der Waals surface area contributed by atoms with Crippen molar-refractivity contribution in [3.05, 3.63) is 53.5 Å². The van der Waals surface area contributed by atoms with Gasteiger partial charge in [0.1, 0.15) is 11.3 Å². The number of oxazole rings is 1. The first kappa shape index (κ1) is 19.7. The molecule has 0 radical (unpaired) electrons. The lowest BCUT2D eigenvalue weighted by Crippen LogP contribution is -2.42. The van der Waals surface area contributed by atoms with Gasteiger partial charge in [0.05, 0.1) is 11.9 Å². The second-order valence-corrected chi connectivity index (χ2v) is 7.09. The molecule has 0 atom stereocenters. The number of nitrogens with zero attached hydrogens (tertiary/aromatic N) is 4. The molecular formula is C21H23N5O4. The lowest BCUT2D eigenvalue weighted by molar-refractivity contribution is 0.0648. The maximum atomic E-state index is 12.4. The Morgan fingerprint density at radius 1 is 1.23 bits per heavy atom. The highest BCUT2D eigenvalue weighted by Gasteiger charge is 2.27. The van der Waals surface area contributed by atoms with Gasteiger partial charge >= 0.3 is 6.09 Å². The van der Waals surface area contributed by atoms with Crippen LogP contribution < -0.4 is 10.1 Å². The molecule has 4 rings (SSSR count). The van der Waals surface area contributed by atoms with Crippen molar-refractivity contribution in [1.29, 1.82) is 0 Å². The molecule has 30 heavy (non-hydrogen) atoms. The normalized spacial score (nSPS) is 13.1. The smallest absolute Gasteiger partial charge is 0.413 e. The first-order valence-corrected chi connectivity index (χ1v) is 9.81. The van der Waals surface area contributed by atoms with Crippen LogP contribution in [-0.4, -0.2) is 51.3 Å². The standard InChI is InChI=1S/C21H23N5O4/c1-14-17(24-18(29-14)15-7-4-3-5-8-15)9-10-22-21(28)30-20-16(13-23-25(20)2)19(27)26-11-6-12-26/h3-5,7-8,13H,6,9-12H2,1-2H3,(H,22,28). The SMILES string of the molecule is Cc1oc(-c2ccccc2)nc1CCNC(=O)Oc1c(C(=O)N2CCC2)cnn1C. The lowest BCUT2D eigenvalue weighted by Gasteiger charge is -2.30. The number of hydrogen-bond donors (Lipinski definition) is 1. The number of benzene rings is 1. The Bertz CT molecular complexity index is 1050. The average Bonchev–Trinajstić information content (AvgIpc) is 3.24. The number of aromatic nitrogens is 3. The van der Waals surface area contributed by atoms with Crippen LogP contribution in [0.1, 0.15) is 28.2 Å². The predicted octanol–water partition coefficient (Wildman–Crippen LogP) is 2.56. The topological polar surface area (TPSA) is 102 Å². The monoisotopic (exact) mass is 409 g/mol. The quantitative estimate of drug-likeness (QED) is 0.671. The zero-order valence-electron chi connectivity index (χ0n) is 16.9. The van der Waals surface area contributed by atoms with Crippen molar-refractivity contribution in [1.82, 2.24) is 25.0 Å². The van der Waals surface area contributed by atoms with E-state index >= 15 is 0 Å². The van der Waals surface area contributed by atoms with Crippen molar-refractivity contribution >= 4 is 12.0 Å². The average molecular weight is 409 g/mol. The largest absolute Gasteiger partial charge is 0.441 e. The van der Waals surface area contributed by atoms with Gasteiger partial charge in [-0.05, 0) is 25.5 Å². The molecule has 0 spiro atoms. The van der Waals surface area contributed by atoms with Crippen LogP contribution in [0.2, 0.25) is 0 Å². The van der Waals surface area contributed by atoms with E-state index in [1.54, 1.807) is 11.9 Å². The summed E-state index contributed by atoms with van der Waals surface area (Å²) in [4.78, 5) is 30.9. The summed E-state index contributed by atoms with van der Waals surface area (Å²) in [5.74, 6) is 1.21. The number of amides is 2. The number of aryl methyl sites for hydroxylation is 2. The third-order valence-electron chi connectivity index (χ3n) is 4.99. The summed E-state index contributed by atoms with van der Waals surface area (Å²) in [7, 11) is 1.62. The first-order chi connectivity index (χ1) is 14.5. The van der Waals surface area contributed by atoms with Gasteiger partial charge in [-0.1, -0.05) is 18.2 Å². The molecule has 1 saturated heterocycles. The highest BCUT2D eigenvalue weighted by molar-refractivity contribution is 5.97. The molecule has 0 bridgehead atoms. The number of rotatable bonds is 6. The number of carbonyl (C=O) groups excluding carboxylic acids is 2. The summed E-state index contributed by atoms with van der Waals surface area (Å²) in [5, 5.41) is 6.73. The van der Waals surface area contributed by atoms with Gasteiger partial charge in [-0.15, -0.1) is 0 Å². The van der Waals surface area contributed by atoms with E-state index in [0.717, 1.165) is 17.7 Å². The van der Waals surface area contributed by atoms with Crippen LogP contribution in [-0.2, 0) is 13.5 Å². The van der Waals surface area contributed by atoms with Crippen molar-refractivity contribution in [3.8, 4) is 17.3 Å². The second kappa shape index (κ2) is 8.40. The molecule has 9 heteroatoms. The third kappa shape index (κ3) is 4.05. The van der Waals surface area contributed by atoms with Crippen LogP contribution in [0.5, 0.6) is 5.88 Å². The van der Waals surface area contributed by atoms with Crippen molar-refractivity contribution < 1.29 is 18.7 Å². The molecule has 3 aromatic rings. The van der Waals surface area contributed by atoms with Gasteiger partial charge in [-0.2, -0.15) is 5.10 Å². The Hall–Kier alpha value is -3.62. The Morgan fingerprint density at radius 2 is 2.00 bits per heavy atom. The minimum Gasteiger partial charge on any atom is -0.441 e. The highest BCUT2D eigenvalue weighted by Crippen LogP contribution is 2.23. The summed E-state index contributed by atoms with van der Waals surface area (Å²) in [6.45, 7) is 3.58. The van der Waals surface area contributed by atoms with E-state index in [0.29, 0.717) is 37.7 Å². The van der Waals surface area contributed by atoms with Gasteiger partial charge in [0.25, 0.3) is 5.91 Å². The highest BCUT2D eigenvalue weighted by atomic mass is 16.6. The van der Waals surface area contributed by atoms with E-state index in [-0.39, 0.29) is 17.4 Å². The van der Waals surface area contributed by atoms with Crippen LogP contribution in [0.4, 0.5) is 4.79 Å². The fraction of sp³-hybridized carbons (Fsp3) is 0.333. The zero-order valence-corrected chi connectivity index (χ0v) is 16.9. The molecule has 0 saturated carbocycles. The van der Waals surface area contributed by atoms with Crippen LogP contribution in [0, 0.1) is 6.92 Å². The molecule has 0 unspecified atom stereocenters. The van der Waals surface area contributed by atoms with E-state index in [2.05, 4.69) is 15.4 Å². The van der Waals surface area contributed by atoms with Gasteiger partial charge in [0.15, 0.2) is 0 Å². The molecule has 156 valence electrons. The summed E-state index contributed by atoms with van der Waals surface area (Å²) < 4.78 is 12.5. The predicted molar refractivity (Wildman–Crippen MR) is 108 cm³/mol. The molecule has 2 aromatic heterocycles. The maximum Gasteiger partial charge on any atom is 0.413 e. The zero-order chi connectivity index (χ0) is 21.1. The van der Waals surface area contributed by atoms with Crippen LogP contribution in [0.25, 0.3) is 11.5 Å². The van der Waals surface area contributed by atoms with Crippen molar-refractivity contribution in [2.45, 2.75) is 19.8 Å². The molecule has 1 fully saturated rings. The molecule has 9 nitrogen and oxygen atoms in total. The number of carbonyl (C=O) groups is 2. The molecule has 2 amide bonds. The van der Waals surface area contributed by atoms with E-state index < -0.39 is 6.09 Å². The summed E-state index contributed by atoms with van der Waals surface area (Å²) in [6.07, 6.45) is 2.24. The van der Waals surface area contributed by atoms with Crippen LogP contribution >= 0.6 is 0 Å². The van der Waals surface area contributed by atoms with Gasteiger partial charge in [-0.3, -0.25) is 4.79 Å². The van der Waals surface area contributed by atoms with E-state index in [1.165, 1.54) is 10.9 Å². The summed E-state index contributed by atoms with van der Waals surface area (Å²) in [5.41, 5.74) is 1.95. The molecule has 0 aliphatic carbocycles. The lowest BCUT2D eigenvalue weighted by atomic mass is 10.2. The molecular weight excluding hydrogens is 386 g/mol. The number of ether oxygens (including phenoxy) is 1. The Balaban J connectivity index is 1.34. The summed E-state index contributed by atoms with van der Waals surface area (Å²) in [6, 6.07) is 9.63. The minimum absolute atomic E-state index is 0.133. The van der Waals surface area contributed by atoms with E-state index in [4.69, 9.17) is 9.15 Å².